The van der Waals surface area contributed by atoms with E-state index in [0.29, 0.717) is 12.2 Å². The summed E-state index contributed by atoms with van der Waals surface area (Å²) in [5.74, 6) is -0.929. The Labute approximate surface area is 133 Å². The Balaban J connectivity index is 2.08. The van der Waals surface area contributed by atoms with Gasteiger partial charge >= 0.3 is 5.97 Å². The highest BCUT2D eigenvalue weighted by atomic mass is 16.6. The minimum atomic E-state index is -0.929. The molecule has 0 radical (unpaired) electrons. The number of benzene rings is 1. The molecule has 0 aromatic heterocycles. The fourth-order valence-electron chi connectivity index (χ4n) is 2.36. The molecule has 124 valence electrons. The number of carboxylic acid groups (broad SMARTS) is 1. The Morgan fingerprint density at radius 2 is 1.64 bits per heavy atom. The average Bonchev–Trinajstić information content (AvgIpc) is 2.53. The highest BCUT2D eigenvalue weighted by molar-refractivity contribution is 5.75. The largest absolute Gasteiger partial charge is 0.480 e. The van der Waals surface area contributed by atoms with Gasteiger partial charge in [-0.2, -0.15) is 5.48 Å². The number of unbranched alkanes of at least 4 members (excludes halogenated alkanes) is 7. The molecule has 1 unspecified atom stereocenters. The van der Waals surface area contributed by atoms with E-state index in [1.165, 1.54) is 38.5 Å². The van der Waals surface area contributed by atoms with Gasteiger partial charge < -0.3 is 9.94 Å². The van der Waals surface area contributed by atoms with Crippen molar-refractivity contribution in [2.75, 3.05) is 6.61 Å². The number of carboxylic acids is 1. The molecule has 0 heterocycles. The summed E-state index contributed by atoms with van der Waals surface area (Å²) >= 11 is 0. The van der Waals surface area contributed by atoms with Crippen LogP contribution in [-0.2, 0) is 9.63 Å². The number of carbonyl (C=O) groups is 1. The molecule has 0 fully saturated rings. The van der Waals surface area contributed by atoms with Crippen molar-refractivity contribution in [1.82, 2.24) is 5.48 Å². The van der Waals surface area contributed by atoms with Crippen LogP contribution in [0.25, 0.3) is 0 Å². The van der Waals surface area contributed by atoms with Gasteiger partial charge in [0.05, 0.1) is 6.61 Å². The maximum absolute atomic E-state index is 11.2. The first-order valence-electron chi connectivity index (χ1n) is 8.40. The van der Waals surface area contributed by atoms with Crippen LogP contribution < -0.4 is 5.48 Å². The van der Waals surface area contributed by atoms with Gasteiger partial charge in [-0.05, 0) is 12.0 Å². The van der Waals surface area contributed by atoms with Gasteiger partial charge in [0.15, 0.2) is 6.04 Å². The van der Waals surface area contributed by atoms with E-state index in [9.17, 15) is 9.90 Å². The number of hydrogen-bond acceptors (Lipinski definition) is 3. The first kappa shape index (κ1) is 18.7. The Morgan fingerprint density at radius 3 is 2.23 bits per heavy atom. The molecule has 4 nitrogen and oxygen atoms in total. The molecule has 0 amide bonds. The summed E-state index contributed by atoms with van der Waals surface area (Å²) in [6.45, 7) is 2.77. The minimum absolute atomic E-state index is 0.547. The second kappa shape index (κ2) is 12.2. The van der Waals surface area contributed by atoms with Gasteiger partial charge in [0, 0.05) is 0 Å². The molecule has 0 aliphatic carbocycles. The molecule has 22 heavy (non-hydrogen) atoms. The van der Waals surface area contributed by atoms with Gasteiger partial charge in [0.1, 0.15) is 0 Å². The van der Waals surface area contributed by atoms with Gasteiger partial charge in [-0.1, -0.05) is 82.2 Å². The summed E-state index contributed by atoms with van der Waals surface area (Å²) in [6, 6.07) is 8.27. The number of aliphatic carboxylic acids is 1. The van der Waals surface area contributed by atoms with E-state index in [0.717, 1.165) is 12.8 Å². The van der Waals surface area contributed by atoms with Crippen LogP contribution in [0.5, 0.6) is 0 Å². The van der Waals surface area contributed by atoms with Crippen molar-refractivity contribution in [2.24, 2.45) is 0 Å². The van der Waals surface area contributed by atoms with Crippen LogP contribution in [0.4, 0.5) is 0 Å². The Bertz CT molecular complexity index is 395. The smallest absolute Gasteiger partial charge is 0.327 e. The van der Waals surface area contributed by atoms with Gasteiger partial charge in [0.25, 0.3) is 0 Å². The standard InChI is InChI=1S/C18H29NO3/c1-2-3-4-5-6-7-8-12-15-22-19-17(18(20)21)16-13-10-9-11-14-16/h9-11,13-14,17,19H,2-8,12,15H2,1H3,(H,20,21). The van der Waals surface area contributed by atoms with E-state index >= 15 is 0 Å². The van der Waals surface area contributed by atoms with Crippen LogP contribution in [0, 0.1) is 0 Å². The summed E-state index contributed by atoms with van der Waals surface area (Å²) in [5.41, 5.74) is 3.35. The number of hydrogen-bond donors (Lipinski definition) is 2. The molecule has 1 aromatic carbocycles. The van der Waals surface area contributed by atoms with E-state index < -0.39 is 12.0 Å². The maximum Gasteiger partial charge on any atom is 0.327 e. The third-order valence-corrected chi connectivity index (χ3v) is 3.68. The van der Waals surface area contributed by atoms with Crippen LogP contribution in [0.1, 0.15) is 69.9 Å². The lowest BCUT2D eigenvalue weighted by Gasteiger charge is -2.14. The molecule has 2 N–H and O–H groups in total. The van der Waals surface area contributed by atoms with Crippen molar-refractivity contribution in [2.45, 2.75) is 64.3 Å². The monoisotopic (exact) mass is 307 g/mol. The normalized spacial score (nSPS) is 12.2. The lowest BCUT2D eigenvalue weighted by Crippen LogP contribution is -2.29. The highest BCUT2D eigenvalue weighted by Gasteiger charge is 2.18. The number of nitrogens with one attached hydrogen (secondary N) is 1. The fraction of sp³-hybridized carbons (Fsp3) is 0.611. The van der Waals surface area contributed by atoms with Crippen molar-refractivity contribution in [3.63, 3.8) is 0 Å². The first-order chi connectivity index (χ1) is 10.8. The lowest BCUT2D eigenvalue weighted by atomic mass is 10.1. The summed E-state index contributed by atoms with van der Waals surface area (Å²) in [4.78, 5) is 16.6. The van der Waals surface area contributed by atoms with Gasteiger partial charge in [0.2, 0.25) is 0 Å². The van der Waals surface area contributed by atoms with E-state index in [2.05, 4.69) is 12.4 Å². The van der Waals surface area contributed by atoms with Crippen molar-refractivity contribution < 1.29 is 14.7 Å². The van der Waals surface area contributed by atoms with Crippen LogP contribution >= 0.6 is 0 Å². The van der Waals surface area contributed by atoms with Gasteiger partial charge in [-0.25, -0.2) is 0 Å². The summed E-state index contributed by atoms with van der Waals surface area (Å²) in [5, 5.41) is 9.23. The topological polar surface area (TPSA) is 58.6 Å². The number of hydroxylamine groups is 1. The molecule has 0 spiro atoms. The molecule has 0 saturated carbocycles. The first-order valence-corrected chi connectivity index (χ1v) is 8.40. The molecule has 0 aliphatic rings. The van der Waals surface area contributed by atoms with Crippen LogP contribution in [-0.4, -0.2) is 17.7 Å². The molecule has 1 atom stereocenters. The van der Waals surface area contributed by atoms with E-state index in [4.69, 9.17) is 4.84 Å². The zero-order chi connectivity index (χ0) is 16.0. The molecule has 0 bridgehead atoms. The van der Waals surface area contributed by atoms with Crippen molar-refractivity contribution in [1.29, 1.82) is 0 Å². The van der Waals surface area contributed by atoms with E-state index in [-0.39, 0.29) is 0 Å². The van der Waals surface area contributed by atoms with Crippen molar-refractivity contribution in [3.8, 4) is 0 Å². The molecule has 0 aliphatic heterocycles. The molecule has 1 aromatic rings. The van der Waals surface area contributed by atoms with Crippen LogP contribution in [0.3, 0.4) is 0 Å². The Morgan fingerprint density at radius 1 is 1.05 bits per heavy atom. The summed E-state index contributed by atoms with van der Waals surface area (Å²) in [7, 11) is 0. The van der Waals surface area contributed by atoms with Crippen molar-refractivity contribution >= 4 is 5.97 Å². The zero-order valence-corrected chi connectivity index (χ0v) is 13.6. The molecular formula is C18H29NO3. The Hall–Kier alpha value is -1.39. The van der Waals surface area contributed by atoms with Crippen molar-refractivity contribution in [3.05, 3.63) is 35.9 Å². The van der Waals surface area contributed by atoms with E-state index in [1.807, 2.05) is 18.2 Å². The Kier molecular flexibility index (Phi) is 10.3. The van der Waals surface area contributed by atoms with Gasteiger partial charge in [-0.3, -0.25) is 4.79 Å². The molecule has 4 heteroatoms. The SMILES string of the molecule is CCCCCCCCCCONC(C(=O)O)c1ccccc1. The zero-order valence-electron chi connectivity index (χ0n) is 13.6. The van der Waals surface area contributed by atoms with Gasteiger partial charge in [-0.15, -0.1) is 0 Å². The second-order valence-electron chi connectivity index (χ2n) is 5.62. The maximum atomic E-state index is 11.2. The molecule has 1 rings (SSSR count). The highest BCUT2D eigenvalue weighted by Crippen LogP contribution is 2.13. The number of rotatable bonds is 13. The minimum Gasteiger partial charge on any atom is -0.480 e. The third-order valence-electron chi connectivity index (χ3n) is 3.68. The quantitative estimate of drug-likeness (QED) is 0.417. The molecule has 0 saturated heterocycles. The lowest BCUT2D eigenvalue weighted by molar-refractivity contribution is -0.144. The summed E-state index contributed by atoms with van der Waals surface area (Å²) in [6.07, 6.45) is 9.89. The van der Waals surface area contributed by atoms with E-state index in [1.54, 1.807) is 12.1 Å². The molecular weight excluding hydrogens is 278 g/mol. The second-order valence-corrected chi connectivity index (χ2v) is 5.62. The average molecular weight is 307 g/mol. The third kappa shape index (κ3) is 8.15. The van der Waals surface area contributed by atoms with Crippen LogP contribution in [0.2, 0.25) is 0 Å². The van der Waals surface area contributed by atoms with Crippen LogP contribution in [0.15, 0.2) is 30.3 Å². The summed E-state index contributed by atoms with van der Waals surface area (Å²) < 4.78 is 0. The predicted octanol–water partition coefficient (Wildman–Crippen LogP) is 4.47. The predicted molar refractivity (Wildman–Crippen MR) is 88.5 cm³/mol. The fourth-order valence-corrected chi connectivity index (χ4v) is 2.36.